The van der Waals surface area contributed by atoms with Gasteiger partial charge >= 0.3 is 0 Å². The molecule has 20 heavy (non-hydrogen) atoms. The van der Waals surface area contributed by atoms with Gasteiger partial charge in [-0.25, -0.2) is 9.67 Å². The minimum Gasteiger partial charge on any atom is -0.382 e. The number of aromatic nitrogens is 3. The normalized spacial score (nSPS) is 12.2. The Bertz CT molecular complexity index is 626. The summed E-state index contributed by atoms with van der Waals surface area (Å²) in [5.74, 6) is 0.474. The summed E-state index contributed by atoms with van der Waals surface area (Å²) in [5, 5.41) is 4.75. The number of ether oxygens (including phenoxy) is 1. The van der Waals surface area contributed by atoms with Gasteiger partial charge in [0, 0.05) is 14.7 Å². The van der Waals surface area contributed by atoms with E-state index in [0.717, 1.165) is 12.7 Å². The van der Waals surface area contributed by atoms with E-state index in [9.17, 15) is 0 Å². The van der Waals surface area contributed by atoms with Gasteiger partial charge in [0.05, 0.1) is 4.47 Å². The average Bonchev–Trinajstić information content (AvgIpc) is 2.62. The summed E-state index contributed by atoms with van der Waals surface area (Å²) in [6.07, 6.45) is 0. The van der Waals surface area contributed by atoms with Crippen molar-refractivity contribution in [3.63, 3.8) is 0 Å². The maximum Gasteiger partial charge on any atom is 0.151 e. The van der Waals surface area contributed by atoms with E-state index < -0.39 is 8.07 Å². The second kappa shape index (κ2) is 6.01. The minimum absolute atomic E-state index is 0.335. The van der Waals surface area contributed by atoms with E-state index in [2.05, 4.69) is 45.7 Å². The van der Waals surface area contributed by atoms with Gasteiger partial charge in [-0.2, -0.15) is 5.10 Å². The highest BCUT2D eigenvalue weighted by Gasteiger charge is 2.14. The highest BCUT2D eigenvalue weighted by Crippen LogP contribution is 2.27. The van der Waals surface area contributed by atoms with Crippen molar-refractivity contribution in [1.29, 1.82) is 0 Å². The van der Waals surface area contributed by atoms with Crippen LogP contribution in [0.15, 0.2) is 10.5 Å². The third-order valence-corrected chi connectivity index (χ3v) is 5.70. The summed E-state index contributed by atoms with van der Waals surface area (Å²) in [4.78, 5) is 4.22. The van der Waals surface area contributed by atoms with Crippen LogP contribution in [0.3, 0.4) is 0 Å². The number of rotatable bonds is 5. The van der Waals surface area contributed by atoms with Crippen molar-refractivity contribution in [3.05, 3.63) is 15.7 Å². The monoisotopic (exact) mass is 376 g/mol. The maximum absolute atomic E-state index is 6.02. The summed E-state index contributed by atoms with van der Waals surface area (Å²) in [5.41, 5.74) is 7.32. The summed E-state index contributed by atoms with van der Waals surface area (Å²) in [7, 11) is -1.08. The fourth-order valence-corrected chi connectivity index (χ4v) is 2.86. The molecule has 0 saturated carbocycles. The molecular weight excluding hydrogens is 360 g/mol. The zero-order valence-corrected chi connectivity index (χ0v) is 15.1. The summed E-state index contributed by atoms with van der Waals surface area (Å²) < 4.78 is 7.97. The van der Waals surface area contributed by atoms with Gasteiger partial charge < -0.3 is 10.5 Å². The van der Waals surface area contributed by atoms with Crippen LogP contribution in [0.5, 0.6) is 0 Å². The number of hydrogen-bond donors (Lipinski definition) is 1. The van der Waals surface area contributed by atoms with E-state index in [1.165, 1.54) is 0 Å². The molecule has 0 amide bonds. The third-order valence-electron chi connectivity index (χ3n) is 2.87. The van der Waals surface area contributed by atoms with Gasteiger partial charge in [-0.05, 0) is 28.0 Å². The van der Waals surface area contributed by atoms with E-state index in [0.29, 0.717) is 33.2 Å². The van der Waals surface area contributed by atoms with Crippen molar-refractivity contribution >= 4 is 52.5 Å². The topological polar surface area (TPSA) is 66.0 Å². The Hall–Kier alpha value is -0.633. The Kier molecular flexibility index (Phi) is 4.73. The van der Waals surface area contributed by atoms with E-state index in [4.69, 9.17) is 22.1 Å². The van der Waals surface area contributed by atoms with Crippen molar-refractivity contribution in [2.45, 2.75) is 32.4 Å². The Balaban J connectivity index is 2.09. The molecule has 0 fully saturated rings. The number of anilines is 1. The lowest BCUT2D eigenvalue weighted by atomic mass is 10.4. The lowest BCUT2D eigenvalue weighted by molar-refractivity contribution is 0.0806. The van der Waals surface area contributed by atoms with Gasteiger partial charge in [0.2, 0.25) is 0 Å². The summed E-state index contributed by atoms with van der Waals surface area (Å²) >= 11 is 9.29. The van der Waals surface area contributed by atoms with Crippen LogP contribution in [-0.4, -0.2) is 29.4 Å². The minimum atomic E-state index is -1.08. The zero-order valence-electron chi connectivity index (χ0n) is 11.8. The van der Waals surface area contributed by atoms with Crippen molar-refractivity contribution in [1.82, 2.24) is 14.8 Å². The largest absolute Gasteiger partial charge is 0.382 e. The van der Waals surface area contributed by atoms with E-state index in [1.807, 2.05) is 0 Å². The smallest absolute Gasteiger partial charge is 0.151 e. The van der Waals surface area contributed by atoms with Gasteiger partial charge in [0.25, 0.3) is 0 Å². The fraction of sp³-hybridized carbons (Fsp3) is 0.500. The van der Waals surface area contributed by atoms with Crippen LogP contribution in [0.1, 0.15) is 0 Å². The highest BCUT2D eigenvalue weighted by atomic mass is 79.9. The second-order valence-electron chi connectivity index (χ2n) is 5.86. The van der Waals surface area contributed by atoms with Crippen molar-refractivity contribution < 1.29 is 4.74 Å². The van der Waals surface area contributed by atoms with Crippen LogP contribution in [0, 0.1) is 0 Å². The van der Waals surface area contributed by atoms with Crippen LogP contribution in [0.25, 0.3) is 11.0 Å². The summed E-state index contributed by atoms with van der Waals surface area (Å²) in [6.45, 7) is 8.01. The molecule has 0 unspecified atom stereocenters. The molecular formula is C12H18BrClN4OSi. The molecule has 0 atom stereocenters. The van der Waals surface area contributed by atoms with Gasteiger partial charge in [-0.15, -0.1) is 0 Å². The number of fused-ring (bicyclic) bond motifs is 1. The fourth-order valence-electron chi connectivity index (χ4n) is 1.66. The Morgan fingerprint density at radius 1 is 1.45 bits per heavy atom. The first-order valence-corrected chi connectivity index (χ1v) is 11.2. The van der Waals surface area contributed by atoms with Gasteiger partial charge in [0.15, 0.2) is 5.82 Å². The average molecular weight is 378 g/mol. The number of nitrogens with two attached hydrogens (primary N) is 1. The Morgan fingerprint density at radius 3 is 2.80 bits per heavy atom. The standard InChI is InChI=1S/C12H18BrClN4OSi/c1-20(2,3)5-4-19-7-18-12(15)10-9(17-18)6-8(13)11(14)16-10/h6H,4-5,7,15H2,1-3H3. The molecule has 110 valence electrons. The van der Waals surface area contributed by atoms with Crippen molar-refractivity contribution in [2.75, 3.05) is 12.3 Å². The molecule has 5 nitrogen and oxygen atoms in total. The van der Waals surface area contributed by atoms with Crippen LogP contribution < -0.4 is 5.73 Å². The molecule has 0 aliphatic rings. The molecule has 2 N–H and O–H groups in total. The molecule has 0 spiro atoms. The molecule has 0 aromatic carbocycles. The molecule has 2 heterocycles. The van der Waals surface area contributed by atoms with Crippen molar-refractivity contribution in [3.8, 4) is 0 Å². The molecule has 0 radical (unpaired) electrons. The van der Waals surface area contributed by atoms with E-state index in [-0.39, 0.29) is 0 Å². The van der Waals surface area contributed by atoms with Crippen LogP contribution >= 0.6 is 27.5 Å². The predicted molar refractivity (Wildman–Crippen MR) is 88.8 cm³/mol. The predicted octanol–water partition coefficient (Wildman–Crippen LogP) is 3.74. The number of halogens is 2. The SMILES string of the molecule is C[Si](C)(C)CCOCn1nc2cc(Br)c(Cl)nc2c1N. The van der Waals surface area contributed by atoms with Crippen molar-refractivity contribution in [2.24, 2.45) is 0 Å². The van der Waals surface area contributed by atoms with E-state index in [1.54, 1.807) is 10.7 Å². The maximum atomic E-state index is 6.02. The quantitative estimate of drug-likeness (QED) is 0.489. The lowest BCUT2D eigenvalue weighted by Crippen LogP contribution is -2.22. The van der Waals surface area contributed by atoms with Gasteiger partial charge in [-0.1, -0.05) is 31.2 Å². The number of pyridine rings is 1. The molecule has 2 rings (SSSR count). The third kappa shape index (κ3) is 3.72. The number of nitrogen functional groups attached to an aromatic ring is 1. The molecule has 8 heteroatoms. The Morgan fingerprint density at radius 2 is 2.15 bits per heavy atom. The first kappa shape index (κ1) is 15.8. The first-order chi connectivity index (χ1) is 9.28. The summed E-state index contributed by atoms with van der Waals surface area (Å²) in [6, 6.07) is 2.92. The second-order valence-corrected chi connectivity index (χ2v) is 12.7. The number of hydrogen-bond acceptors (Lipinski definition) is 4. The van der Waals surface area contributed by atoms with E-state index >= 15 is 0 Å². The molecule has 0 saturated heterocycles. The van der Waals surface area contributed by atoms with Gasteiger partial charge in [-0.3, -0.25) is 0 Å². The van der Waals surface area contributed by atoms with Crippen LogP contribution in [0.2, 0.25) is 30.8 Å². The molecule has 0 aliphatic heterocycles. The Labute approximate surface area is 132 Å². The molecule has 0 aliphatic carbocycles. The molecule has 0 bridgehead atoms. The van der Waals surface area contributed by atoms with Crippen LogP contribution in [-0.2, 0) is 11.5 Å². The first-order valence-electron chi connectivity index (χ1n) is 6.34. The molecule has 2 aromatic rings. The lowest BCUT2D eigenvalue weighted by Gasteiger charge is -2.15. The van der Waals surface area contributed by atoms with Gasteiger partial charge in [0.1, 0.15) is 22.9 Å². The molecule has 2 aromatic heterocycles. The highest BCUT2D eigenvalue weighted by molar-refractivity contribution is 9.10. The zero-order chi connectivity index (χ0) is 14.9. The number of nitrogens with zero attached hydrogens (tertiary/aromatic N) is 3. The van der Waals surface area contributed by atoms with Crippen LogP contribution in [0.4, 0.5) is 5.82 Å².